The summed E-state index contributed by atoms with van der Waals surface area (Å²) in [6.45, 7) is 6.97. The van der Waals surface area contributed by atoms with Crippen LogP contribution in [0.1, 0.15) is 17.5 Å². The van der Waals surface area contributed by atoms with Gasteiger partial charge in [-0.15, -0.1) is 0 Å². The molecule has 0 aromatic heterocycles. The summed E-state index contributed by atoms with van der Waals surface area (Å²) in [5, 5.41) is 0. The molecule has 1 aromatic carbocycles. The number of anilines is 1. The van der Waals surface area contributed by atoms with Crippen LogP contribution in [0.2, 0.25) is 0 Å². The molecule has 22 heavy (non-hydrogen) atoms. The summed E-state index contributed by atoms with van der Waals surface area (Å²) in [5.41, 5.74) is 3.16. The van der Waals surface area contributed by atoms with Crippen LogP contribution in [0.3, 0.4) is 0 Å². The third-order valence-electron chi connectivity index (χ3n) is 4.32. The van der Waals surface area contributed by atoms with Crippen molar-refractivity contribution >= 4 is 17.5 Å². The van der Waals surface area contributed by atoms with E-state index in [0.29, 0.717) is 39.3 Å². The number of carbonyl (C=O) groups is 2. The van der Waals surface area contributed by atoms with Gasteiger partial charge in [-0.2, -0.15) is 0 Å². The van der Waals surface area contributed by atoms with Crippen molar-refractivity contribution < 1.29 is 14.3 Å². The molecule has 2 heterocycles. The van der Waals surface area contributed by atoms with Crippen LogP contribution in [0.15, 0.2) is 18.2 Å². The van der Waals surface area contributed by atoms with Crippen molar-refractivity contribution in [2.75, 3.05) is 37.7 Å². The van der Waals surface area contributed by atoms with Gasteiger partial charge >= 0.3 is 0 Å². The molecule has 2 aliphatic heterocycles. The van der Waals surface area contributed by atoms with Gasteiger partial charge in [-0.3, -0.25) is 9.59 Å². The Bertz CT molecular complexity index is 573. The van der Waals surface area contributed by atoms with Crippen molar-refractivity contribution in [1.29, 1.82) is 0 Å². The monoisotopic (exact) mass is 302 g/mol. The van der Waals surface area contributed by atoms with Crippen molar-refractivity contribution in [2.24, 2.45) is 5.92 Å². The molecule has 0 unspecified atom stereocenters. The second kappa shape index (κ2) is 6.08. The third kappa shape index (κ3) is 2.99. The Morgan fingerprint density at radius 2 is 1.77 bits per heavy atom. The molecule has 0 N–H and O–H groups in total. The minimum Gasteiger partial charge on any atom is -0.378 e. The van der Waals surface area contributed by atoms with E-state index in [1.54, 1.807) is 4.90 Å². The van der Waals surface area contributed by atoms with Crippen molar-refractivity contribution in [3.05, 3.63) is 29.3 Å². The Labute approximate surface area is 130 Å². The highest BCUT2D eigenvalue weighted by atomic mass is 16.5. The Morgan fingerprint density at radius 3 is 2.41 bits per heavy atom. The highest BCUT2D eigenvalue weighted by Gasteiger charge is 2.37. The van der Waals surface area contributed by atoms with Crippen LogP contribution in [0, 0.1) is 19.8 Å². The topological polar surface area (TPSA) is 49.9 Å². The van der Waals surface area contributed by atoms with Gasteiger partial charge in [0.2, 0.25) is 11.8 Å². The second-order valence-electron chi connectivity index (χ2n) is 6.19. The van der Waals surface area contributed by atoms with E-state index in [1.807, 2.05) is 30.9 Å². The van der Waals surface area contributed by atoms with E-state index in [9.17, 15) is 9.59 Å². The fourth-order valence-corrected chi connectivity index (χ4v) is 3.27. The van der Waals surface area contributed by atoms with Gasteiger partial charge in [0.05, 0.1) is 19.1 Å². The lowest BCUT2D eigenvalue weighted by Crippen LogP contribution is -2.44. The lowest BCUT2D eigenvalue weighted by Gasteiger charge is -2.29. The first-order chi connectivity index (χ1) is 10.5. The first kappa shape index (κ1) is 15.0. The third-order valence-corrected chi connectivity index (χ3v) is 4.32. The van der Waals surface area contributed by atoms with E-state index < -0.39 is 0 Å². The summed E-state index contributed by atoms with van der Waals surface area (Å²) in [5.74, 6) is -0.105. The van der Waals surface area contributed by atoms with Crippen LogP contribution in [0.4, 0.5) is 5.69 Å². The number of morpholine rings is 1. The van der Waals surface area contributed by atoms with Crippen molar-refractivity contribution in [1.82, 2.24) is 4.90 Å². The second-order valence-corrected chi connectivity index (χ2v) is 6.19. The van der Waals surface area contributed by atoms with E-state index in [4.69, 9.17) is 4.74 Å². The van der Waals surface area contributed by atoms with Gasteiger partial charge in [-0.25, -0.2) is 0 Å². The Balaban J connectivity index is 1.73. The number of amides is 2. The van der Waals surface area contributed by atoms with Crippen molar-refractivity contribution in [3.63, 3.8) is 0 Å². The van der Waals surface area contributed by atoms with Crippen molar-refractivity contribution in [3.8, 4) is 0 Å². The molecule has 0 radical (unpaired) electrons. The van der Waals surface area contributed by atoms with E-state index in [2.05, 4.69) is 6.07 Å². The van der Waals surface area contributed by atoms with E-state index in [1.165, 1.54) is 0 Å². The number of nitrogens with zero attached hydrogens (tertiary/aromatic N) is 2. The lowest BCUT2D eigenvalue weighted by atomic mass is 10.1. The first-order valence-electron chi connectivity index (χ1n) is 7.80. The fourth-order valence-electron chi connectivity index (χ4n) is 3.27. The molecule has 1 atom stereocenters. The smallest absolute Gasteiger partial charge is 0.228 e. The predicted octanol–water partition coefficient (Wildman–Crippen LogP) is 1.52. The van der Waals surface area contributed by atoms with Gasteiger partial charge in [0.25, 0.3) is 0 Å². The molecule has 2 fully saturated rings. The van der Waals surface area contributed by atoms with E-state index >= 15 is 0 Å². The summed E-state index contributed by atoms with van der Waals surface area (Å²) >= 11 is 0. The normalized spacial score (nSPS) is 22.3. The minimum atomic E-state index is -0.230. The average molecular weight is 302 g/mol. The van der Waals surface area contributed by atoms with Crippen LogP contribution in [-0.2, 0) is 14.3 Å². The Kier molecular flexibility index (Phi) is 4.16. The largest absolute Gasteiger partial charge is 0.378 e. The summed E-state index contributed by atoms with van der Waals surface area (Å²) in [6.07, 6.45) is 0.309. The zero-order valence-electron chi connectivity index (χ0n) is 13.2. The number of hydrogen-bond donors (Lipinski definition) is 0. The first-order valence-corrected chi connectivity index (χ1v) is 7.80. The number of aryl methyl sites for hydroxylation is 2. The molecule has 2 saturated heterocycles. The molecule has 118 valence electrons. The van der Waals surface area contributed by atoms with Crippen LogP contribution in [-0.4, -0.2) is 49.6 Å². The summed E-state index contributed by atoms with van der Waals surface area (Å²) in [7, 11) is 0. The Hall–Kier alpha value is -1.88. The van der Waals surface area contributed by atoms with Gasteiger partial charge < -0.3 is 14.5 Å². The molecular formula is C17H22N2O3. The molecule has 0 spiro atoms. The zero-order chi connectivity index (χ0) is 15.7. The minimum absolute atomic E-state index is 0.0385. The quantitative estimate of drug-likeness (QED) is 0.832. The molecule has 2 aliphatic rings. The van der Waals surface area contributed by atoms with Gasteiger partial charge in [0.1, 0.15) is 0 Å². The molecule has 0 bridgehead atoms. The molecule has 3 rings (SSSR count). The standard InChI is InChI=1S/C17H22N2O3/c1-12-7-13(2)9-15(8-12)19-11-14(10-16(19)20)17(21)18-3-5-22-6-4-18/h7-9,14H,3-6,10-11H2,1-2H3/t14-/m1/s1. The Morgan fingerprint density at radius 1 is 1.14 bits per heavy atom. The molecule has 1 aromatic rings. The number of benzene rings is 1. The van der Waals surface area contributed by atoms with E-state index in [-0.39, 0.29) is 17.7 Å². The molecule has 0 saturated carbocycles. The maximum absolute atomic E-state index is 12.5. The van der Waals surface area contributed by atoms with Crippen LogP contribution < -0.4 is 4.90 Å². The molecule has 2 amide bonds. The predicted molar refractivity (Wildman–Crippen MR) is 83.8 cm³/mol. The SMILES string of the molecule is Cc1cc(C)cc(N2C[C@H](C(=O)N3CCOCC3)CC2=O)c1. The van der Waals surface area contributed by atoms with Gasteiger partial charge in [-0.05, 0) is 37.1 Å². The van der Waals surface area contributed by atoms with Gasteiger partial charge in [-0.1, -0.05) is 6.07 Å². The maximum Gasteiger partial charge on any atom is 0.228 e. The summed E-state index contributed by atoms with van der Waals surface area (Å²) in [4.78, 5) is 28.5. The maximum atomic E-state index is 12.5. The van der Waals surface area contributed by atoms with E-state index in [0.717, 1.165) is 16.8 Å². The molecule has 0 aliphatic carbocycles. The number of rotatable bonds is 2. The molecule has 5 heteroatoms. The average Bonchev–Trinajstić information content (AvgIpc) is 2.88. The zero-order valence-corrected chi connectivity index (χ0v) is 13.2. The summed E-state index contributed by atoms with van der Waals surface area (Å²) in [6, 6.07) is 6.10. The molecular weight excluding hydrogens is 280 g/mol. The fraction of sp³-hybridized carbons (Fsp3) is 0.529. The van der Waals surface area contributed by atoms with Crippen LogP contribution >= 0.6 is 0 Å². The lowest BCUT2D eigenvalue weighted by molar-refractivity contribution is -0.139. The van der Waals surface area contributed by atoms with Crippen LogP contribution in [0.5, 0.6) is 0 Å². The van der Waals surface area contributed by atoms with Gasteiger partial charge in [0.15, 0.2) is 0 Å². The highest BCUT2D eigenvalue weighted by molar-refractivity contribution is 6.00. The molecule has 5 nitrogen and oxygen atoms in total. The number of carbonyl (C=O) groups excluding carboxylic acids is 2. The van der Waals surface area contributed by atoms with Crippen LogP contribution in [0.25, 0.3) is 0 Å². The number of hydrogen-bond acceptors (Lipinski definition) is 3. The van der Waals surface area contributed by atoms with Gasteiger partial charge in [0, 0.05) is 31.7 Å². The number of ether oxygens (including phenoxy) is 1. The highest BCUT2D eigenvalue weighted by Crippen LogP contribution is 2.28. The summed E-state index contributed by atoms with van der Waals surface area (Å²) < 4.78 is 5.28. The van der Waals surface area contributed by atoms with Crippen molar-refractivity contribution in [2.45, 2.75) is 20.3 Å².